The maximum atomic E-state index is 12.6. The zero-order valence-electron chi connectivity index (χ0n) is 32.0. The van der Waals surface area contributed by atoms with Crippen molar-refractivity contribution in [3.63, 3.8) is 0 Å². The van der Waals surface area contributed by atoms with Crippen LogP contribution in [-0.2, 0) is 32.7 Å². The van der Waals surface area contributed by atoms with Crippen LogP contribution in [0.1, 0.15) is 181 Å². The van der Waals surface area contributed by atoms with Gasteiger partial charge in [-0.3, -0.25) is 14.2 Å². The van der Waals surface area contributed by atoms with Crippen LogP contribution in [0.4, 0.5) is 0 Å². The molecule has 2 unspecified atom stereocenters. The van der Waals surface area contributed by atoms with E-state index in [1.54, 1.807) is 0 Å². The Hall–Kier alpha value is -0.990. The molecule has 0 saturated heterocycles. The van der Waals surface area contributed by atoms with Gasteiger partial charge in [0.15, 0.2) is 6.10 Å². The number of ether oxygens (including phenoxy) is 2. The van der Waals surface area contributed by atoms with Crippen molar-refractivity contribution in [3.05, 3.63) is 0 Å². The highest BCUT2D eigenvalue weighted by atomic mass is 31.2. The molecular weight excluding hydrogens is 629 g/mol. The Morgan fingerprint density at radius 3 is 1.33 bits per heavy atom. The van der Waals surface area contributed by atoms with E-state index >= 15 is 0 Å². The topological polar surface area (TPSA) is 111 Å². The first-order valence-corrected chi connectivity index (χ1v) is 21.2. The molecule has 10 heteroatoms. The molecule has 0 aliphatic rings. The first-order chi connectivity index (χ1) is 23.0. The van der Waals surface area contributed by atoms with Crippen LogP contribution in [0.3, 0.4) is 0 Å². The van der Waals surface area contributed by atoms with Crippen molar-refractivity contribution in [3.8, 4) is 0 Å². The summed E-state index contributed by atoms with van der Waals surface area (Å²) in [4.78, 5) is 37.2. The van der Waals surface area contributed by atoms with Crippen LogP contribution in [0.2, 0.25) is 0 Å². The number of nitrogens with zero attached hydrogens (tertiary/aromatic N) is 1. The van der Waals surface area contributed by atoms with Gasteiger partial charge in [0.1, 0.15) is 19.8 Å². The predicted molar refractivity (Wildman–Crippen MR) is 195 cm³/mol. The molecule has 0 aromatic rings. The van der Waals surface area contributed by atoms with Gasteiger partial charge in [0.2, 0.25) is 0 Å². The fourth-order valence-corrected chi connectivity index (χ4v) is 6.21. The number of carbonyl (C=O) groups is 2. The third-order valence-corrected chi connectivity index (χ3v) is 9.59. The number of hydrogen-bond acceptors (Lipinski definition) is 8. The van der Waals surface area contributed by atoms with Gasteiger partial charge in [0, 0.05) is 12.8 Å². The highest BCUT2D eigenvalue weighted by molar-refractivity contribution is 7.45. The summed E-state index contributed by atoms with van der Waals surface area (Å²) in [6.45, 7) is 4.20. The molecular formula is C38H76NO8P. The number of esters is 2. The minimum absolute atomic E-state index is 0.0262. The Labute approximate surface area is 295 Å². The summed E-state index contributed by atoms with van der Waals surface area (Å²) in [5, 5.41) is 0. The smallest absolute Gasteiger partial charge is 0.306 e. The molecule has 2 atom stereocenters. The van der Waals surface area contributed by atoms with Crippen LogP contribution in [0.25, 0.3) is 0 Å². The maximum absolute atomic E-state index is 12.6. The Morgan fingerprint density at radius 2 is 0.938 bits per heavy atom. The Balaban J connectivity index is 4.33. The summed E-state index contributed by atoms with van der Waals surface area (Å²) >= 11 is 0. The highest BCUT2D eigenvalue weighted by Gasteiger charge is 2.21. The quantitative estimate of drug-likeness (QED) is 0.0274. The maximum Gasteiger partial charge on any atom is 0.306 e. The molecule has 0 amide bonds. The standard InChI is InChI=1S/C38H76NO8P/c1-6-8-10-12-14-16-17-18-19-20-21-22-23-25-27-29-31-38(41)47-36(35-46-48(42,43)45-33-32-39(3,4)5)34-44-37(40)30-28-26-24-15-13-11-9-7-2/h36H,6-35H2,1-5H3. The van der Waals surface area contributed by atoms with Crippen LogP contribution >= 0.6 is 7.82 Å². The second-order valence-electron chi connectivity index (χ2n) is 14.7. The lowest BCUT2D eigenvalue weighted by atomic mass is 10.0. The van der Waals surface area contributed by atoms with E-state index in [9.17, 15) is 19.0 Å². The van der Waals surface area contributed by atoms with Gasteiger partial charge in [0.25, 0.3) is 7.82 Å². The van der Waals surface area contributed by atoms with Crippen LogP contribution < -0.4 is 4.89 Å². The van der Waals surface area contributed by atoms with Gasteiger partial charge in [-0.2, -0.15) is 0 Å². The molecule has 9 nitrogen and oxygen atoms in total. The Kier molecular flexibility index (Phi) is 31.3. The third-order valence-electron chi connectivity index (χ3n) is 8.63. The second-order valence-corrected chi connectivity index (χ2v) is 16.1. The van der Waals surface area contributed by atoms with Crippen LogP contribution in [0.5, 0.6) is 0 Å². The lowest BCUT2D eigenvalue weighted by Gasteiger charge is -2.28. The highest BCUT2D eigenvalue weighted by Crippen LogP contribution is 2.38. The second kappa shape index (κ2) is 32.0. The summed E-state index contributed by atoms with van der Waals surface area (Å²) in [5.41, 5.74) is 0. The first-order valence-electron chi connectivity index (χ1n) is 19.7. The number of carbonyl (C=O) groups excluding carboxylic acids is 2. The fraction of sp³-hybridized carbons (Fsp3) is 0.947. The Morgan fingerprint density at radius 1 is 0.562 bits per heavy atom. The van der Waals surface area contributed by atoms with Crippen LogP contribution in [0.15, 0.2) is 0 Å². The van der Waals surface area contributed by atoms with E-state index in [4.69, 9.17) is 18.5 Å². The molecule has 0 heterocycles. The van der Waals surface area contributed by atoms with Crippen molar-refractivity contribution < 1.29 is 42.1 Å². The number of quaternary nitrogens is 1. The van der Waals surface area contributed by atoms with Gasteiger partial charge in [0.05, 0.1) is 27.7 Å². The SMILES string of the molecule is CCCCCCCCCCCCCCCCCCC(=O)OC(COC(=O)CCCCCCCCCC)COP(=O)([O-])OCC[N+](C)(C)C. The van der Waals surface area contributed by atoms with Crippen LogP contribution in [-0.4, -0.2) is 70.0 Å². The third kappa shape index (κ3) is 34.9. The van der Waals surface area contributed by atoms with Gasteiger partial charge < -0.3 is 27.9 Å². The van der Waals surface area contributed by atoms with Crippen molar-refractivity contribution in [2.45, 2.75) is 187 Å². The van der Waals surface area contributed by atoms with Gasteiger partial charge >= 0.3 is 11.9 Å². The van der Waals surface area contributed by atoms with E-state index in [2.05, 4.69) is 13.8 Å². The number of phosphoric ester groups is 1. The molecule has 0 aliphatic carbocycles. The molecule has 0 aromatic carbocycles. The summed E-state index contributed by atoms with van der Waals surface area (Å²) in [5.74, 6) is -0.830. The molecule has 0 radical (unpaired) electrons. The van der Waals surface area contributed by atoms with E-state index in [0.717, 1.165) is 32.1 Å². The molecule has 0 aromatic heterocycles. The van der Waals surface area contributed by atoms with E-state index in [-0.39, 0.29) is 32.0 Å². The molecule has 0 aliphatic heterocycles. The molecule has 0 rings (SSSR count). The summed E-state index contributed by atoms with van der Waals surface area (Å²) in [7, 11) is 1.18. The first kappa shape index (κ1) is 47.0. The monoisotopic (exact) mass is 706 g/mol. The average molecular weight is 706 g/mol. The lowest BCUT2D eigenvalue weighted by molar-refractivity contribution is -0.870. The number of rotatable bonds is 36. The molecule has 286 valence electrons. The number of hydrogen-bond donors (Lipinski definition) is 0. The van der Waals surface area contributed by atoms with Crippen LogP contribution in [0, 0.1) is 0 Å². The molecule has 0 N–H and O–H groups in total. The van der Waals surface area contributed by atoms with E-state index in [1.165, 1.54) is 116 Å². The van der Waals surface area contributed by atoms with Crippen molar-refractivity contribution in [2.24, 2.45) is 0 Å². The van der Waals surface area contributed by atoms with Gasteiger partial charge in [-0.05, 0) is 12.8 Å². The van der Waals surface area contributed by atoms with Gasteiger partial charge in [-0.1, -0.05) is 155 Å². The van der Waals surface area contributed by atoms with E-state index < -0.39 is 26.5 Å². The molecule has 0 fully saturated rings. The van der Waals surface area contributed by atoms with E-state index in [1.807, 2.05) is 21.1 Å². The molecule has 0 saturated carbocycles. The number of unbranched alkanes of at least 4 members (excludes halogenated alkanes) is 22. The van der Waals surface area contributed by atoms with Crippen molar-refractivity contribution in [2.75, 3.05) is 47.5 Å². The predicted octanol–water partition coefficient (Wildman–Crippen LogP) is 9.83. The minimum Gasteiger partial charge on any atom is -0.756 e. The van der Waals surface area contributed by atoms with Crippen molar-refractivity contribution in [1.29, 1.82) is 0 Å². The van der Waals surface area contributed by atoms with E-state index in [0.29, 0.717) is 17.4 Å². The zero-order chi connectivity index (χ0) is 35.8. The minimum atomic E-state index is -4.61. The number of phosphoric acid groups is 1. The molecule has 0 spiro atoms. The normalized spacial score (nSPS) is 13.7. The molecule has 48 heavy (non-hydrogen) atoms. The fourth-order valence-electron chi connectivity index (χ4n) is 5.48. The number of likely N-dealkylation sites (N-methyl/N-ethyl adjacent to an activating group) is 1. The summed E-state index contributed by atoms with van der Waals surface area (Å²) < 4.78 is 33.7. The summed E-state index contributed by atoms with van der Waals surface area (Å²) in [6.07, 6.45) is 28.5. The van der Waals surface area contributed by atoms with Gasteiger partial charge in [-0.25, -0.2) is 0 Å². The lowest BCUT2D eigenvalue weighted by Crippen LogP contribution is -2.37. The Bertz CT molecular complexity index is 804. The van der Waals surface area contributed by atoms with Crippen molar-refractivity contribution >= 4 is 19.8 Å². The zero-order valence-corrected chi connectivity index (χ0v) is 32.8. The largest absolute Gasteiger partial charge is 0.756 e. The summed E-state index contributed by atoms with van der Waals surface area (Å²) in [6, 6.07) is 0. The van der Waals surface area contributed by atoms with Crippen molar-refractivity contribution in [1.82, 2.24) is 0 Å². The average Bonchev–Trinajstić information content (AvgIpc) is 3.02. The van der Waals surface area contributed by atoms with Gasteiger partial charge in [-0.15, -0.1) is 0 Å². The molecule has 0 bridgehead atoms.